The highest BCUT2D eigenvalue weighted by Crippen LogP contribution is 2.32. The molecule has 3 N–H and O–H groups in total. The van der Waals surface area contributed by atoms with Crippen LogP contribution in [-0.4, -0.2) is 20.9 Å². The number of hydrogen-bond acceptors (Lipinski definition) is 4. The number of hydrogen-bond donors (Lipinski definition) is 3. The van der Waals surface area contributed by atoms with Crippen LogP contribution < -0.4 is 10.6 Å². The summed E-state index contributed by atoms with van der Waals surface area (Å²) in [6.45, 7) is 0. The lowest BCUT2D eigenvalue weighted by molar-refractivity contribution is 0.262. The van der Waals surface area contributed by atoms with Gasteiger partial charge in [-0.15, -0.1) is 0 Å². The van der Waals surface area contributed by atoms with Crippen molar-refractivity contribution in [1.82, 2.24) is 9.78 Å². The Morgan fingerprint density at radius 2 is 1.88 bits per heavy atom. The van der Waals surface area contributed by atoms with Gasteiger partial charge in [-0.25, -0.2) is 4.79 Å². The number of amides is 2. The smallest absolute Gasteiger partial charge is 0.323 e. The van der Waals surface area contributed by atoms with Crippen molar-refractivity contribution >= 4 is 33.3 Å². The van der Waals surface area contributed by atoms with Crippen LogP contribution in [0.4, 0.5) is 16.2 Å². The van der Waals surface area contributed by atoms with Gasteiger partial charge in [0.2, 0.25) is 0 Å². The zero-order valence-corrected chi connectivity index (χ0v) is 15.3. The molecule has 3 aromatic rings. The summed E-state index contributed by atoms with van der Waals surface area (Å²) in [6, 6.07) is 12.8. The summed E-state index contributed by atoms with van der Waals surface area (Å²) in [7, 11) is 1.79. The van der Waals surface area contributed by atoms with Gasteiger partial charge in [0.15, 0.2) is 0 Å². The van der Waals surface area contributed by atoms with Gasteiger partial charge in [0.1, 0.15) is 5.75 Å². The lowest BCUT2D eigenvalue weighted by atomic mass is 10.1. The van der Waals surface area contributed by atoms with Crippen LogP contribution in [0.15, 0.2) is 53.1 Å². The summed E-state index contributed by atoms with van der Waals surface area (Å²) in [5, 5.41) is 28.3. The van der Waals surface area contributed by atoms with Gasteiger partial charge >= 0.3 is 6.03 Å². The van der Waals surface area contributed by atoms with E-state index in [1.54, 1.807) is 54.3 Å². The van der Waals surface area contributed by atoms with Gasteiger partial charge in [-0.05, 0) is 52.3 Å². The molecule has 1 heterocycles. The maximum atomic E-state index is 12.2. The van der Waals surface area contributed by atoms with Crippen LogP contribution in [0.5, 0.6) is 5.75 Å². The van der Waals surface area contributed by atoms with Crippen LogP contribution in [-0.2, 0) is 7.05 Å². The second-order valence-electron chi connectivity index (χ2n) is 5.50. The number of aromatic hydroxyl groups is 1. The summed E-state index contributed by atoms with van der Waals surface area (Å²) < 4.78 is 2.44. The number of aromatic nitrogens is 2. The van der Waals surface area contributed by atoms with Gasteiger partial charge in [-0.1, -0.05) is 0 Å². The Hall–Kier alpha value is -3.31. The summed E-state index contributed by atoms with van der Waals surface area (Å²) in [5.74, 6) is 0.0178. The molecule has 0 spiro atoms. The van der Waals surface area contributed by atoms with Crippen molar-refractivity contribution in [3.05, 3.63) is 58.7 Å². The number of phenolic OH excluding ortho intramolecular Hbond substituents is 1. The largest absolute Gasteiger partial charge is 0.508 e. The molecule has 1 aromatic heterocycles. The van der Waals surface area contributed by atoms with Crippen molar-refractivity contribution < 1.29 is 9.90 Å². The third kappa shape index (κ3) is 3.84. The molecule has 2 amide bonds. The second kappa shape index (κ2) is 7.29. The molecule has 0 unspecified atom stereocenters. The van der Waals surface area contributed by atoms with Crippen molar-refractivity contribution in [3.8, 4) is 23.1 Å². The number of phenols is 1. The van der Waals surface area contributed by atoms with Crippen LogP contribution in [0.2, 0.25) is 0 Å². The fraction of sp³-hybridized carbons (Fsp3) is 0.0556. The number of urea groups is 1. The first-order valence-corrected chi connectivity index (χ1v) is 8.35. The Morgan fingerprint density at radius 1 is 1.19 bits per heavy atom. The molecular formula is C18H14BrN5O2. The van der Waals surface area contributed by atoms with E-state index in [0.29, 0.717) is 22.5 Å². The van der Waals surface area contributed by atoms with Crippen LogP contribution in [0, 0.1) is 11.3 Å². The first kappa shape index (κ1) is 17.5. The molecule has 0 aliphatic rings. The Balaban J connectivity index is 1.79. The van der Waals surface area contributed by atoms with E-state index in [9.17, 15) is 9.90 Å². The van der Waals surface area contributed by atoms with Crippen LogP contribution in [0.1, 0.15) is 5.56 Å². The number of aryl methyl sites for hydroxylation is 1. The molecule has 0 radical (unpaired) electrons. The maximum Gasteiger partial charge on any atom is 0.323 e. The van der Waals surface area contributed by atoms with E-state index < -0.39 is 6.03 Å². The monoisotopic (exact) mass is 411 g/mol. The van der Waals surface area contributed by atoms with E-state index in [1.165, 1.54) is 6.07 Å². The Morgan fingerprint density at radius 3 is 2.50 bits per heavy atom. The molecule has 8 heteroatoms. The standard InChI is InChI=1S/C18H14BrN5O2/c1-24-17(16(19)10-21-24)12-6-14(8-15(25)7-12)23-18(26)22-13-4-2-11(9-20)3-5-13/h2-8,10,25H,1H3,(H2,22,23,26). The molecule has 0 aliphatic carbocycles. The van der Waals surface area contributed by atoms with Crippen LogP contribution in [0.3, 0.4) is 0 Å². The minimum atomic E-state index is -0.463. The summed E-state index contributed by atoms with van der Waals surface area (Å²) in [4.78, 5) is 12.2. The lowest BCUT2D eigenvalue weighted by Gasteiger charge is -2.11. The van der Waals surface area contributed by atoms with E-state index >= 15 is 0 Å². The average Bonchev–Trinajstić information content (AvgIpc) is 2.93. The topological polar surface area (TPSA) is 103 Å². The number of nitrogens with zero attached hydrogens (tertiary/aromatic N) is 3. The highest BCUT2D eigenvalue weighted by molar-refractivity contribution is 9.10. The predicted octanol–water partition coefficient (Wildman–Crippen LogP) is 4.07. The molecule has 0 aliphatic heterocycles. The Bertz CT molecular complexity index is 986. The molecule has 0 saturated heterocycles. The van der Waals surface area contributed by atoms with Gasteiger partial charge in [0.25, 0.3) is 0 Å². The Kier molecular flexibility index (Phi) is 4.91. The molecule has 130 valence electrons. The number of anilines is 2. The number of nitriles is 1. The summed E-state index contributed by atoms with van der Waals surface area (Å²) in [5.41, 5.74) is 2.97. The van der Waals surface area contributed by atoms with Crippen molar-refractivity contribution in [1.29, 1.82) is 5.26 Å². The highest BCUT2D eigenvalue weighted by atomic mass is 79.9. The molecule has 0 fully saturated rings. The number of rotatable bonds is 3. The van der Waals surface area contributed by atoms with Crippen molar-refractivity contribution in [3.63, 3.8) is 0 Å². The number of nitrogens with one attached hydrogen (secondary N) is 2. The fourth-order valence-corrected chi connectivity index (χ4v) is 3.05. The molecule has 0 bridgehead atoms. The van der Waals surface area contributed by atoms with E-state index in [-0.39, 0.29) is 5.75 Å². The minimum Gasteiger partial charge on any atom is -0.508 e. The second-order valence-corrected chi connectivity index (χ2v) is 6.36. The van der Waals surface area contributed by atoms with Gasteiger partial charge in [0.05, 0.1) is 28.0 Å². The minimum absolute atomic E-state index is 0.0178. The number of carbonyl (C=O) groups excluding carboxylic acids is 1. The van der Waals surface area contributed by atoms with Gasteiger partial charge in [-0.2, -0.15) is 10.4 Å². The number of benzene rings is 2. The molecule has 0 saturated carbocycles. The lowest BCUT2D eigenvalue weighted by Crippen LogP contribution is -2.19. The summed E-state index contributed by atoms with van der Waals surface area (Å²) in [6.07, 6.45) is 1.66. The van der Waals surface area contributed by atoms with E-state index in [4.69, 9.17) is 5.26 Å². The van der Waals surface area contributed by atoms with E-state index in [0.717, 1.165) is 10.2 Å². The first-order chi connectivity index (χ1) is 12.5. The van der Waals surface area contributed by atoms with Crippen LogP contribution >= 0.6 is 15.9 Å². The number of carbonyl (C=O) groups is 1. The van der Waals surface area contributed by atoms with E-state index in [1.807, 2.05) is 6.07 Å². The van der Waals surface area contributed by atoms with Gasteiger partial charge in [-0.3, -0.25) is 4.68 Å². The zero-order valence-electron chi connectivity index (χ0n) is 13.7. The van der Waals surface area contributed by atoms with Crippen molar-refractivity contribution in [2.24, 2.45) is 7.05 Å². The van der Waals surface area contributed by atoms with E-state index in [2.05, 4.69) is 31.7 Å². The fourth-order valence-electron chi connectivity index (χ4n) is 2.48. The molecular weight excluding hydrogens is 398 g/mol. The molecule has 7 nitrogen and oxygen atoms in total. The van der Waals surface area contributed by atoms with Gasteiger partial charge in [0, 0.05) is 30.1 Å². The SMILES string of the molecule is Cn1ncc(Br)c1-c1cc(O)cc(NC(=O)Nc2ccc(C#N)cc2)c1. The van der Waals surface area contributed by atoms with Crippen molar-refractivity contribution in [2.45, 2.75) is 0 Å². The van der Waals surface area contributed by atoms with Gasteiger partial charge < -0.3 is 15.7 Å². The third-order valence-electron chi connectivity index (χ3n) is 3.62. The highest BCUT2D eigenvalue weighted by Gasteiger charge is 2.12. The zero-order chi connectivity index (χ0) is 18.7. The predicted molar refractivity (Wildman–Crippen MR) is 102 cm³/mol. The quantitative estimate of drug-likeness (QED) is 0.603. The summed E-state index contributed by atoms with van der Waals surface area (Å²) >= 11 is 3.42. The molecule has 0 atom stereocenters. The third-order valence-corrected chi connectivity index (χ3v) is 4.20. The van der Waals surface area contributed by atoms with Crippen LogP contribution in [0.25, 0.3) is 11.3 Å². The Labute approximate surface area is 158 Å². The molecule has 26 heavy (non-hydrogen) atoms. The maximum absolute atomic E-state index is 12.2. The average molecular weight is 412 g/mol. The first-order valence-electron chi connectivity index (χ1n) is 7.56. The molecule has 2 aromatic carbocycles. The number of halogens is 1. The molecule has 3 rings (SSSR count). The van der Waals surface area contributed by atoms with Crippen molar-refractivity contribution in [2.75, 3.05) is 10.6 Å². The normalized spacial score (nSPS) is 10.2.